The van der Waals surface area contributed by atoms with Crippen molar-refractivity contribution in [2.24, 2.45) is 11.3 Å². The molecule has 1 saturated heterocycles. The first-order valence-electron chi connectivity index (χ1n) is 7.61. The molecule has 0 spiro atoms. The smallest absolute Gasteiger partial charge is 0.319 e. The zero-order valence-corrected chi connectivity index (χ0v) is 13.7. The second kappa shape index (κ2) is 7.64. The summed E-state index contributed by atoms with van der Waals surface area (Å²) in [6.45, 7) is 6.03. The molecule has 1 fully saturated rings. The van der Waals surface area contributed by atoms with Crippen LogP contribution < -0.4 is 5.32 Å². The largest absolute Gasteiger partial charge is 0.396 e. The zero-order valence-electron chi connectivity index (χ0n) is 13.7. The minimum absolute atomic E-state index is 0.0120. The Bertz CT molecular complexity index is 361. The molecule has 0 aromatic heterocycles. The summed E-state index contributed by atoms with van der Waals surface area (Å²) in [5.74, 6) is 0.0547. The topological polar surface area (TPSA) is 72.9 Å². The van der Waals surface area contributed by atoms with Crippen LogP contribution in [0.2, 0.25) is 0 Å². The molecule has 0 radical (unpaired) electrons. The van der Waals surface area contributed by atoms with Crippen molar-refractivity contribution in [2.45, 2.75) is 33.1 Å². The van der Waals surface area contributed by atoms with E-state index in [1.165, 1.54) is 0 Å². The maximum Gasteiger partial charge on any atom is 0.319 e. The molecule has 0 atom stereocenters. The van der Waals surface area contributed by atoms with Gasteiger partial charge in [-0.25, -0.2) is 4.79 Å². The van der Waals surface area contributed by atoms with E-state index in [2.05, 4.69) is 5.32 Å². The van der Waals surface area contributed by atoms with Gasteiger partial charge in [-0.15, -0.1) is 0 Å². The van der Waals surface area contributed by atoms with Gasteiger partial charge in [0, 0.05) is 46.3 Å². The van der Waals surface area contributed by atoms with E-state index < -0.39 is 0 Å². The maximum absolute atomic E-state index is 12.2. The number of urea groups is 1. The Morgan fingerprint density at radius 3 is 2.33 bits per heavy atom. The maximum atomic E-state index is 12.2. The summed E-state index contributed by atoms with van der Waals surface area (Å²) >= 11 is 0. The average molecular weight is 299 g/mol. The summed E-state index contributed by atoms with van der Waals surface area (Å²) in [6.07, 6.45) is 2.10. The molecule has 2 N–H and O–H groups in total. The highest BCUT2D eigenvalue weighted by molar-refractivity contribution is 5.79. The van der Waals surface area contributed by atoms with Crippen molar-refractivity contribution in [2.75, 3.05) is 40.3 Å². The Balaban J connectivity index is 2.37. The van der Waals surface area contributed by atoms with E-state index in [4.69, 9.17) is 5.11 Å². The molecule has 0 bridgehead atoms. The second-order valence-corrected chi connectivity index (χ2v) is 6.79. The molecule has 0 saturated carbocycles. The number of carbonyl (C=O) groups is 2. The molecule has 0 aliphatic carbocycles. The Labute approximate surface area is 127 Å². The van der Waals surface area contributed by atoms with Gasteiger partial charge in [0.1, 0.15) is 0 Å². The molecule has 3 amide bonds. The van der Waals surface area contributed by atoms with Gasteiger partial charge in [-0.1, -0.05) is 13.8 Å². The van der Waals surface area contributed by atoms with Crippen molar-refractivity contribution >= 4 is 11.9 Å². The van der Waals surface area contributed by atoms with Crippen molar-refractivity contribution in [3.63, 3.8) is 0 Å². The van der Waals surface area contributed by atoms with Crippen LogP contribution in [0, 0.1) is 11.3 Å². The SMILES string of the molecule is CN(C)C(=O)N1CCC(C(=O)NCC(C)(C)CCO)CC1. The third-order valence-corrected chi connectivity index (χ3v) is 4.05. The molecular formula is C15H29N3O3. The standard InChI is InChI=1S/C15H29N3O3/c1-15(2,7-10-19)11-16-13(20)12-5-8-18(9-6-12)14(21)17(3)4/h12,19H,5-11H2,1-4H3,(H,16,20). The van der Waals surface area contributed by atoms with Gasteiger partial charge in [0.05, 0.1) is 0 Å². The number of amides is 3. The highest BCUT2D eigenvalue weighted by Crippen LogP contribution is 2.21. The lowest BCUT2D eigenvalue weighted by molar-refractivity contribution is -0.126. The lowest BCUT2D eigenvalue weighted by Gasteiger charge is -2.33. The third-order valence-electron chi connectivity index (χ3n) is 4.05. The van der Waals surface area contributed by atoms with Crippen LogP contribution in [0.5, 0.6) is 0 Å². The minimum Gasteiger partial charge on any atom is -0.396 e. The molecule has 1 aliphatic rings. The normalized spacial score (nSPS) is 16.7. The van der Waals surface area contributed by atoms with Gasteiger partial charge < -0.3 is 20.2 Å². The Kier molecular flexibility index (Phi) is 6.45. The summed E-state index contributed by atoms with van der Waals surface area (Å²) in [6, 6.07) is 0.0120. The zero-order chi connectivity index (χ0) is 16.0. The van der Waals surface area contributed by atoms with Crippen LogP contribution in [0.3, 0.4) is 0 Å². The quantitative estimate of drug-likeness (QED) is 0.792. The van der Waals surface area contributed by atoms with E-state index in [1.807, 2.05) is 13.8 Å². The van der Waals surface area contributed by atoms with Crippen LogP contribution in [0.1, 0.15) is 33.1 Å². The van der Waals surface area contributed by atoms with Crippen molar-refractivity contribution in [1.29, 1.82) is 0 Å². The fourth-order valence-electron chi connectivity index (χ4n) is 2.48. The first-order chi connectivity index (χ1) is 9.76. The number of carbonyl (C=O) groups excluding carboxylic acids is 2. The number of hydrogen-bond donors (Lipinski definition) is 2. The summed E-state index contributed by atoms with van der Waals surface area (Å²) in [7, 11) is 3.48. The van der Waals surface area contributed by atoms with Gasteiger partial charge in [0.15, 0.2) is 0 Å². The number of aliphatic hydroxyl groups is 1. The van der Waals surface area contributed by atoms with Gasteiger partial charge in [-0.05, 0) is 24.7 Å². The fourth-order valence-corrected chi connectivity index (χ4v) is 2.48. The predicted molar refractivity (Wildman–Crippen MR) is 81.9 cm³/mol. The first kappa shape index (κ1) is 17.8. The number of nitrogens with one attached hydrogen (secondary N) is 1. The lowest BCUT2D eigenvalue weighted by Crippen LogP contribution is -2.47. The molecule has 6 heteroatoms. The van der Waals surface area contributed by atoms with Crippen molar-refractivity contribution in [3.05, 3.63) is 0 Å². The molecule has 1 rings (SSSR count). The molecular weight excluding hydrogens is 270 g/mol. The van der Waals surface area contributed by atoms with E-state index in [-0.39, 0.29) is 29.9 Å². The third kappa shape index (κ3) is 5.53. The molecule has 21 heavy (non-hydrogen) atoms. The van der Waals surface area contributed by atoms with Gasteiger partial charge in [0.2, 0.25) is 5.91 Å². The van der Waals surface area contributed by atoms with Crippen LogP contribution in [0.4, 0.5) is 4.79 Å². The van der Waals surface area contributed by atoms with Crippen LogP contribution in [-0.4, -0.2) is 67.2 Å². The highest BCUT2D eigenvalue weighted by Gasteiger charge is 2.28. The number of rotatable bonds is 5. The summed E-state index contributed by atoms with van der Waals surface area (Å²) in [5, 5.41) is 12.0. The van der Waals surface area contributed by atoms with Crippen LogP contribution >= 0.6 is 0 Å². The molecule has 0 aromatic carbocycles. The van der Waals surface area contributed by atoms with Gasteiger partial charge in [-0.2, -0.15) is 0 Å². The molecule has 6 nitrogen and oxygen atoms in total. The predicted octanol–water partition coefficient (Wildman–Crippen LogP) is 0.905. The van der Waals surface area contributed by atoms with E-state index >= 15 is 0 Å². The Morgan fingerprint density at radius 1 is 1.29 bits per heavy atom. The van der Waals surface area contributed by atoms with Gasteiger partial charge in [0.25, 0.3) is 0 Å². The van der Waals surface area contributed by atoms with Gasteiger partial charge >= 0.3 is 6.03 Å². The van der Waals surface area contributed by atoms with Gasteiger partial charge in [-0.3, -0.25) is 4.79 Å². The monoisotopic (exact) mass is 299 g/mol. The van der Waals surface area contributed by atoms with E-state index in [1.54, 1.807) is 23.9 Å². The highest BCUT2D eigenvalue weighted by atomic mass is 16.3. The average Bonchev–Trinajstić information content (AvgIpc) is 2.44. The van der Waals surface area contributed by atoms with E-state index in [9.17, 15) is 9.59 Å². The number of likely N-dealkylation sites (tertiary alicyclic amines) is 1. The minimum atomic E-state index is -0.0913. The van der Waals surface area contributed by atoms with E-state index in [0.29, 0.717) is 38.9 Å². The van der Waals surface area contributed by atoms with Crippen LogP contribution in [0.25, 0.3) is 0 Å². The van der Waals surface area contributed by atoms with Crippen molar-refractivity contribution < 1.29 is 14.7 Å². The van der Waals surface area contributed by atoms with Crippen molar-refractivity contribution in [3.8, 4) is 0 Å². The molecule has 122 valence electrons. The molecule has 1 heterocycles. The summed E-state index contributed by atoms with van der Waals surface area (Å²) < 4.78 is 0. The second-order valence-electron chi connectivity index (χ2n) is 6.79. The lowest BCUT2D eigenvalue weighted by atomic mass is 9.89. The first-order valence-corrected chi connectivity index (χ1v) is 7.61. The van der Waals surface area contributed by atoms with Crippen molar-refractivity contribution in [1.82, 2.24) is 15.1 Å². The summed E-state index contributed by atoms with van der Waals surface area (Å²) in [5.41, 5.74) is -0.0913. The molecule has 0 unspecified atom stereocenters. The number of hydrogen-bond acceptors (Lipinski definition) is 3. The van der Waals surface area contributed by atoms with Crippen LogP contribution in [-0.2, 0) is 4.79 Å². The number of nitrogens with zero attached hydrogens (tertiary/aromatic N) is 2. The van der Waals surface area contributed by atoms with E-state index in [0.717, 1.165) is 0 Å². The number of aliphatic hydroxyl groups excluding tert-OH is 1. The molecule has 1 aliphatic heterocycles. The number of piperidine rings is 1. The van der Waals surface area contributed by atoms with Crippen LogP contribution in [0.15, 0.2) is 0 Å². The fraction of sp³-hybridized carbons (Fsp3) is 0.867. The molecule has 0 aromatic rings. The Morgan fingerprint density at radius 2 is 1.86 bits per heavy atom. The summed E-state index contributed by atoms with van der Waals surface area (Å²) in [4.78, 5) is 27.4. The Hall–Kier alpha value is -1.30.